The van der Waals surface area contributed by atoms with Gasteiger partial charge in [-0.1, -0.05) is 24.3 Å². The maximum absolute atomic E-state index is 10.8. The van der Waals surface area contributed by atoms with Crippen molar-refractivity contribution in [3.05, 3.63) is 35.4 Å². The summed E-state index contributed by atoms with van der Waals surface area (Å²) < 4.78 is 11.5. The lowest BCUT2D eigenvalue weighted by Gasteiger charge is -2.35. The lowest BCUT2D eigenvalue weighted by molar-refractivity contribution is -0.162. The first-order valence-electron chi connectivity index (χ1n) is 9.98. The topological polar surface area (TPSA) is 38.7 Å². The average Bonchev–Trinajstić information content (AvgIpc) is 2.69. The van der Waals surface area contributed by atoms with Gasteiger partial charge in [-0.25, -0.2) is 0 Å². The SMILES string of the molecule is CC1(c2ccccc2C(O)CCCCOC2CCCCO2)SCCCS1. The summed E-state index contributed by atoms with van der Waals surface area (Å²) >= 11 is 4.03. The molecule has 2 atom stereocenters. The highest BCUT2D eigenvalue weighted by molar-refractivity contribution is 8.18. The second-order valence-corrected chi connectivity index (χ2v) is 10.5. The highest BCUT2D eigenvalue weighted by Crippen LogP contribution is 2.51. The number of unbranched alkanes of at least 4 members (excludes halogenated alkanes) is 1. The molecule has 2 fully saturated rings. The Morgan fingerprint density at radius 3 is 2.77 bits per heavy atom. The van der Waals surface area contributed by atoms with Crippen molar-refractivity contribution >= 4 is 23.5 Å². The zero-order chi connectivity index (χ0) is 18.2. The Kier molecular flexibility index (Phi) is 8.19. The molecule has 0 radical (unpaired) electrons. The maximum Gasteiger partial charge on any atom is 0.157 e. The summed E-state index contributed by atoms with van der Waals surface area (Å²) in [5, 5.41) is 10.8. The monoisotopic (exact) mass is 396 g/mol. The van der Waals surface area contributed by atoms with E-state index in [-0.39, 0.29) is 10.4 Å². The third kappa shape index (κ3) is 5.65. The summed E-state index contributed by atoms with van der Waals surface area (Å²) in [4.78, 5) is 0. The number of ether oxygens (including phenoxy) is 2. The van der Waals surface area contributed by atoms with Gasteiger partial charge in [0.05, 0.1) is 10.2 Å². The number of hydrogen-bond acceptors (Lipinski definition) is 5. The molecular weight excluding hydrogens is 364 g/mol. The van der Waals surface area contributed by atoms with E-state index in [1.807, 2.05) is 29.6 Å². The molecule has 26 heavy (non-hydrogen) atoms. The van der Waals surface area contributed by atoms with Crippen molar-refractivity contribution in [2.75, 3.05) is 24.7 Å². The lowest BCUT2D eigenvalue weighted by Crippen LogP contribution is -2.22. The Balaban J connectivity index is 1.47. The Bertz CT molecular complexity index is 540. The highest BCUT2D eigenvalue weighted by Gasteiger charge is 2.33. The summed E-state index contributed by atoms with van der Waals surface area (Å²) in [5.41, 5.74) is 2.41. The van der Waals surface area contributed by atoms with Crippen molar-refractivity contribution in [2.24, 2.45) is 0 Å². The molecule has 2 unspecified atom stereocenters. The van der Waals surface area contributed by atoms with Crippen LogP contribution >= 0.6 is 23.5 Å². The van der Waals surface area contributed by atoms with E-state index in [0.29, 0.717) is 0 Å². The zero-order valence-electron chi connectivity index (χ0n) is 15.8. The molecule has 0 amide bonds. The van der Waals surface area contributed by atoms with Gasteiger partial charge in [-0.3, -0.25) is 0 Å². The van der Waals surface area contributed by atoms with Gasteiger partial charge in [0.15, 0.2) is 6.29 Å². The minimum absolute atomic E-state index is 0.00491. The number of aliphatic hydroxyl groups excluding tert-OH is 1. The first kappa shape index (κ1) is 20.5. The first-order chi connectivity index (χ1) is 12.7. The molecule has 0 aromatic heterocycles. The molecule has 0 aliphatic carbocycles. The van der Waals surface area contributed by atoms with E-state index in [9.17, 15) is 5.11 Å². The van der Waals surface area contributed by atoms with E-state index in [2.05, 4.69) is 25.1 Å². The second kappa shape index (κ2) is 10.4. The van der Waals surface area contributed by atoms with Crippen LogP contribution in [-0.2, 0) is 13.6 Å². The van der Waals surface area contributed by atoms with E-state index in [0.717, 1.165) is 50.9 Å². The summed E-state index contributed by atoms with van der Waals surface area (Å²) in [5.74, 6) is 2.41. The van der Waals surface area contributed by atoms with Gasteiger partial charge in [-0.2, -0.15) is 0 Å². The van der Waals surface area contributed by atoms with Crippen molar-refractivity contribution in [3.63, 3.8) is 0 Å². The molecule has 3 rings (SSSR count). The fourth-order valence-corrected chi connectivity index (χ4v) is 6.70. The van der Waals surface area contributed by atoms with E-state index < -0.39 is 6.10 Å². The van der Waals surface area contributed by atoms with Gasteiger partial charge in [0, 0.05) is 13.2 Å². The zero-order valence-corrected chi connectivity index (χ0v) is 17.5. The van der Waals surface area contributed by atoms with Gasteiger partial charge in [-0.15, -0.1) is 23.5 Å². The van der Waals surface area contributed by atoms with Gasteiger partial charge in [0.1, 0.15) is 0 Å². The third-order valence-electron chi connectivity index (χ3n) is 5.17. The van der Waals surface area contributed by atoms with Crippen molar-refractivity contribution in [1.82, 2.24) is 0 Å². The molecule has 2 aliphatic rings. The van der Waals surface area contributed by atoms with Crippen LogP contribution in [0.5, 0.6) is 0 Å². The second-order valence-electron chi connectivity index (χ2n) is 7.26. The fraction of sp³-hybridized carbons (Fsp3) is 0.714. The van der Waals surface area contributed by atoms with E-state index >= 15 is 0 Å². The van der Waals surface area contributed by atoms with Gasteiger partial charge in [0.25, 0.3) is 0 Å². The Morgan fingerprint density at radius 1 is 1.19 bits per heavy atom. The van der Waals surface area contributed by atoms with Gasteiger partial charge < -0.3 is 14.6 Å². The fourth-order valence-electron chi connectivity index (χ4n) is 3.64. The molecule has 2 saturated heterocycles. The predicted octanol–water partition coefficient (Wildman–Crippen LogP) is 5.48. The van der Waals surface area contributed by atoms with Gasteiger partial charge >= 0.3 is 0 Å². The molecule has 5 heteroatoms. The van der Waals surface area contributed by atoms with Gasteiger partial charge in [-0.05, 0) is 74.5 Å². The van der Waals surface area contributed by atoms with Crippen molar-refractivity contribution in [1.29, 1.82) is 0 Å². The third-order valence-corrected chi connectivity index (χ3v) is 8.40. The lowest BCUT2D eigenvalue weighted by atomic mass is 9.96. The van der Waals surface area contributed by atoms with Crippen LogP contribution in [0.15, 0.2) is 24.3 Å². The van der Waals surface area contributed by atoms with Crippen LogP contribution in [0.4, 0.5) is 0 Å². The van der Waals surface area contributed by atoms with E-state index in [1.54, 1.807) is 0 Å². The van der Waals surface area contributed by atoms with Crippen molar-refractivity contribution < 1.29 is 14.6 Å². The number of rotatable bonds is 8. The van der Waals surface area contributed by atoms with Crippen LogP contribution in [0.3, 0.4) is 0 Å². The van der Waals surface area contributed by atoms with Gasteiger partial charge in [0.2, 0.25) is 0 Å². The highest BCUT2D eigenvalue weighted by atomic mass is 32.2. The minimum atomic E-state index is -0.392. The summed E-state index contributed by atoms with van der Waals surface area (Å²) in [6, 6.07) is 8.46. The molecular formula is C21H32O3S2. The predicted molar refractivity (Wildman–Crippen MR) is 112 cm³/mol. The number of benzene rings is 1. The molecule has 1 N–H and O–H groups in total. The molecule has 0 bridgehead atoms. The van der Waals surface area contributed by atoms with Crippen LogP contribution in [-0.4, -0.2) is 36.1 Å². The number of aliphatic hydroxyl groups is 1. The smallest absolute Gasteiger partial charge is 0.157 e. The van der Waals surface area contributed by atoms with Crippen LogP contribution < -0.4 is 0 Å². The van der Waals surface area contributed by atoms with Crippen molar-refractivity contribution in [2.45, 2.75) is 68.3 Å². The van der Waals surface area contributed by atoms with Crippen LogP contribution in [0.25, 0.3) is 0 Å². The van der Waals surface area contributed by atoms with Crippen LogP contribution in [0.2, 0.25) is 0 Å². The van der Waals surface area contributed by atoms with Crippen molar-refractivity contribution in [3.8, 4) is 0 Å². The van der Waals surface area contributed by atoms with E-state index in [4.69, 9.17) is 9.47 Å². The summed E-state index contributed by atoms with van der Waals surface area (Å²) in [7, 11) is 0. The quantitative estimate of drug-likeness (QED) is 0.589. The molecule has 0 saturated carbocycles. The molecule has 0 spiro atoms. The molecule has 146 valence electrons. The molecule has 1 aromatic carbocycles. The minimum Gasteiger partial charge on any atom is -0.388 e. The normalized spacial score (nSPS) is 24.3. The average molecular weight is 397 g/mol. The Labute approximate surface area is 166 Å². The number of thioether (sulfide) groups is 2. The molecule has 2 aliphatic heterocycles. The molecule has 2 heterocycles. The molecule has 3 nitrogen and oxygen atoms in total. The Hall–Kier alpha value is -0.200. The van der Waals surface area contributed by atoms with E-state index in [1.165, 1.54) is 29.9 Å². The first-order valence-corrected chi connectivity index (χ1v) is 11.9. The largest absolute Gasteiger partial charge is 0.388 e. The van der Waals surface area contributed by atoms with Crippen LogP contribution in [0.1, 0.15) is 69.1 Å². The maximum atomic E-state index is 10.8. The standard InChI is InChI=1S/C21H32O3S2/c1-21(25-15-8-16-26-21)18-10-3-2-9-17(18)19(22)11-4-6-13-23-20-12-5-7-14-24-20/h2-3,9-10,19-20,22H,4-8,11-16H2,1H3. The summed E-state index contributed by atoms with van der Waals surface area (Å²) in [6.45, 7) is 3.86. The number of hydrogen-bond donors (Lipinski definition) is 1. The summed E-state index contributed by atoms with van der Waals surface area (Å²) in [6.07, 6.45) is 6.99. The molecule has 1 aromatic rings. The van der Waals surface area contributed by atoms with Crippen LogP contribution in [0, 0.1) is 0 Å². The Morgan fingerprint density at radius 2 is 2.00 bits per heavy atom.